The molecular weight excluding hydrogens is 242 g/mol. The van der Waals surface area contributed by atoms with Crippen LogP contribution in [0.4, 0.5) is 0 Å². The van der Waals surface area contributed by atoms with Crippen molar-refractivity contribution in [3.05, 3.63) is 0 Å². The van der Waals surface area contributed by atoms with Crippen LogP contribution in [0.15, 0.2) is 0 Å². The first-order chi connectivity index (χ1) is 4.54. The van der Waals surface area contributed by atoms with Gasteiger partial charge in [-0.2, -0.15) is 0 Å². The number of aliphatic carboxylic acids is 2. The van der Waals surface area contributed by atoms with Gasteiger partial charge in [0.15, 0.2) is 0 Å². The second-order valence-electron chi connectivity index (χ2n) is 1.84. The molecule has 12 heavy (non-hydrogen) atoms. The van der Waals surface area contributed by atoms with Gasteiger partial charge in [-0.15, -0.1) is 17.0 Å². The molecule has 0 aromatic rings. The number of halogens is 1. The van der Waals surface area contributed by atoms with E-state index in [9.17, 15) is 19.8 Å². The van der Waals surface area contributed by atoms with Gasteiger partial charge < -0.3 is 25.5 Å². The van der Waals surface area contributed by atoms with E-state index >= 15 is 0 Å². The Hall–Kier alpha value is 0.146. The minimum atomic E-state index is -1.44. The third-order valence-electron chi connectivity index (χ3n) is 0.962. The Morgan fingerprint density at radius 3 is 2.00 bits per heavy atom. The quantitative estimate of drug-likeness (QED) is 0.529. The predicted octanol–water partition coefficient (Wildman–Crippen LogP) is -3.21. The van der Waals surface area contributed by atoms with Crippen molar-refractivity contribution in [1.82, 2.24) is 0 Å². The van der Waals surface area contributed by atoms with E-state index in [1.165, 1.54) is 0 Å². The average molecular weight is 250 g/mol. The summed E-state index contributed by atoms with van der Waals surface area (Å²) in [5, 5.41) is 19.6. The Kier molecular flexibility index (Phi) is 13.9. The standard InChI is InChI=1S/C5H9NO4.BrH.Mg/c6-3(5(9)10)1-2-4(7)8;;/h3H,1-2,6H2,(H,7,8)(H,9,10);1H;/q;;+2/p-2/t3-;;/m1../s1. The van der Waals surface area contributed by atoms with Crippen LogP contribution in [0.5, 0.6) is 0 Å². The number of carboxylic acid groups (broad SMARTS) is 2. The molecule has 0 fully saturated rings. The van der Waals surface area contributed by atoms with Gasteiger partial charge in [-0.05, 0) is 12.8 Å². The van der Waals surface area contributed by atoms with Gasteiger partial charge in [0.2, 0.25) is 0 Å². The molecule has 1 atom stereocenters. The number of carbonyl (C=O) groups is 2. The second-order valence-corrected chi connectivity index (χ2v) is 1.84. The topological polar surface area (TPSA) is 106 Å². The van der Waals surface area contributed by atoms with Crippen LogP contribution in [0.2, 0.25) is 0 Å². The van der Waals surface area contributed by atoms with Gasteiger partial charge in [0.05, 0.1) is 5.97 Å². The van der Waals surface area contributed by atoms with Crippen molar-refractivity contribution in [2.45, 2.75) is 18.9 Å². The van der Waals surface area contributed by atoms with Crippen LogP contribution in [0.1, 0.15) is 12.8 Å². The van der Waals surface area contributed by atoms with Gasteiger partial charge in [-0.1, -0.05) is 0 Å². The summed E-state index contributed by atoms with van der Waals surface area (Å²) in [5.74, 6) is -2.75. The van der Waals surface area contributed by atoms with Gasteiger partial charge >= 0.3 is 23.1 Å². The maximum absolute atomic E-state index is 9.86. The number of nitrogens with two attached hydrogens (primary N) is 1. The molecule has 2 N–H and O–H groups in total. The Morgan fingerprint density at radius 1 is 1.33 bits per heavy atom. The third-order valence-corrected chi connectivity index (χ3v) is 0.962. The molecule has 7 heteroatoms. The first kappa shape index (κ1) is 18.0. The molecule has 0 aliphatic heterocycles. The molecule has 66 valence electrons. The van der Waals surface area contributed by atoms with Crippen molar-refractivity contribution in [3.8, 4) is 0 Å². The molecule has 0 aliphatic rings. The van der Waals surface area contributed by atoms with Crippen LogP contribution < -0.4 is 15.9 Å². The van der Waals surface area contributed by atoms with Gasteiger partial charge in [0.1, 0.15) is 0 Å². The number of carbonyl (C=O) groups excluding carboxylic acids is 2. The summed E-state index contributed by atoms with van der Waals surface area (Å²) in [4.78, 5) is 19.6. The average Bonchev–Trinajstić information content (AvgIpc) is 1.82. The van der Waals surface area contributed by atoms with E-state index in [1.807, 2.05) is 0 Å². The molecule has 0 saturated carbocycles. The van der Waals surface area contributed by atoms with Crippen LogP contribution in [0.3, 0.4) is 0 Å². The fourth-order valence-corrected chi connectivity index (χ4v) is 0.391. The fraction of sp³-hybridized carbons (Fsp3) is 0.600. The van der Waals surface area contributed by atoms with E-state index in [-0.39, 0.29) is 52.9 Å². The summed E-state index contributed by atoms with van der Waals surface area (Å²) in [7, 11) is 0. The largest absolute Gasteiger partial charge is 2.00 e. The number of carboxylic acids is 2. The molecule has 5 nitrogen and oxygen atoms in total. The molecule has 0 heterocycles. The van der Waals surface area contributed by atoms with E-state index in [4.69, 9.17) is 5.73 Å². The van der Waals surface area contributed by atoms with E-state index in [2.05, 4.69) is 0 Å². The maximum atomic E-state index is 9.86. The normalized spacial score (nSPS) is 10.4. The number of rotatable bonds is 4. The molecule has 0 aliphatic carbocycles. The molecule has 0 saturated heterocycles. The van der Waals surface area contributed by atoms with Crippen molar-refractivity contribution in [3.63, 3.8) is 0 Å². The Labute approximate surface area is 96.2 Å². The van der Waals surface area contributed by atoms with Crippen molar-refractivity contribution < 1.29 is 19.8 Å². The first-order valence-corrected chi connectivity index (χ1v) is 2.70. The molecule has 0 radical (unpaired) electrons. The molecule has 0 amide bonds. The van der Waals surface area contributed by atoms with Crippen LogP contribution in [-0.2, 0) is 9.59 Å². The molecule has 0 aromatic heterocycles. The summed E-state index contributed by atoms with van der Waals surface area (Å²) >= 11 is 0. The molecule has 0 rings (SSSR count). The van der Waals surface area contributed by atoms with Crippen LogP contribution >= 0.6 is 17.0 Å². The number of hydrogen-bond donors (Lipinski definition) is 1. The molecule has 0 spiro atoms. The molecule has 0 bridgehead atoms. The van der Waals surface area contributed by atoms with Gasteiger partial charge in [-0.3, -0.25) is 0 Å². The molecular formula is C5H8BrMgNO4. The fourth-order valence-electron chi connectivity index (χ4n) is 0.391. The van der Waals surface area contributed by atoms with Crippen molar-refractivity contribution >= 4 is 52.0 Å². The summed E-state index contributed by atoms with van der Waals surface area (Å²) in [5.41, 5.74) is 4.91. The minimum absolute atomic E-state index is 0. The van der Waals surface area contributed by atoms with Gasteiger partial charge in [-0.25, -0.2) is 0 Å². The second kappa shape index (κ2) is 9.24. The zero-order chi connectivity index (χ0) is 8.15. The third kappa shape index (κ3) is 10.1. The van der Waals surface area contributed by atoms with E-state index in [0.717, 1.165) is 0 Å². The van der Waals surface area contributed by atoms with E-state index in [0.29, 0.717) is 0 Å². The predicted molar refractivity (Wildman–Crippen MR) is 43.3 cm³/mol. The van der Waals surface area contributed by atoms with E-state index in [1.54, 1.807) is 0 Å². The SMILES string of the molecule is Br.N[C@H](CCC(=O)[O-])C(=O)[O-].[Mg+2]. The van der Waals surface area contributed by atoms with Crippen molar-refractivity contribution in [1.29, 1.82) is 0 Å². The zero-order valence-electron chi connectivity index (χ0n) is 6.32. The monoisotopic (exact) mass is 249 g/mol. The summed E-state index contributed by atoms with van der Waals surface area (Å²) in [6.45, 7) is 0. The number of hydrogen-bond acceptors (Lipinski definition) is 5. The Morgan fingerprint density at radius 2 is 1.75 bits per heavy atom. The van der Waals surface area contributed by atoms with Gasteiger partial charge in [0.25, 0.3) is 0 Å². The van der Waals surface area contributed by atoms with E-state index < -0.39 is 18.0 Å². The maximum Gasteiger partial charge on any atom is 2.00 e. The summed E-state index contributed by atoms with van der Waals surface area (Å²) in [6.07, 6.45) is -0.500. The van der Waals surface area contributed by atoms with Crippen molar-refractivity contribution in [2.24, 2.45) is 5.73 Å². The van der Waals surface area contributed by atoms with Crippen molar-refractivity contribution in [2.75, 3.05) is 0 Å². The minimum Gasteiger partial charge on any atom is -0.550 e. The molecule has 0 aromatic carbocycles. The smallest absolute Gasteiger partial charge is 0.550 e. The first-order valence-electron chi connectivity index (χ1n) is 2.70. The summed E-state index contributed by atoms with van der Waals surface area (Å²) in [6, 6.07) is -1.21. The molecule has 0 unspecified atom stereocenters. The van der Waals surface area contributed by atoms with Crippen LogP contribution in [0.25, 0.3) is 0 Å². The Balaban J connectivity index is -0.000000405. The zero-order valence-corrected chi connectivity index (χ0v) is 9.44. The van der Waals surface area contributed by atoms with Gasteiger partial charge in [0, 0.05) is 12.0 Å². The Bertz CT molecular complexity index is 154. The van der Waals surface area contributed by atoms with Crippen LogP contribution in [0, 0.1) is 0 Å². The summed E-state index contributed by atoms with van der Waals surface area (Å²) < 4.78 is 0. The van der Waals surface area contributed by atoms with Crippen LogP contribution in [-0.4, -0.2) is 41.0 Å².